The minimum absolute atomic E-state index is 0.161. The van der Waals surface area contributed by atoms with Gasteiger partial charge in [-0.15, -0.1) is 0 Å². The number of rotatable bonds is 4. The molecule has 0 aliphatic carbocycles. The molecule has 1 aromatic carbocycles. The maximum Gasteiger partial charge on any atom is 0.126 e. The van der Waals surface area contributed by atoms with Gasteiger partial charge >= 0.3 is 0 Å². The Morgan fingerprint density at radius 1 is 1.42 bits per heavy atom. The molecule has 3 atom stereocenters. The Morgan fingerprint density at radius 2 is 2.16 bits per heavy atom. The Morgan fingerprint density at radius 3 is 2.84 bits per heavy atom. The summed E-state index contributed by atoms with van der Waals surface area (Å²) >= 11 is 9.96. The highest BCUT2D eigenvalue weighted by atomic mass is 35.5. The van der Waals surface area contributed by atoms with Crippen molar-refractivity contribution in [2.24, 2.45) is 0 Å². The predicted molar refractivity (Wildman–Crippen MR) is 86.1 cm³/mol. The lowest BCUT2D eigenvalue weighted by Crippen LogP contribution is -2.44. The molecule has 1 heterocycles. The average Bonchev–Trinajstić information content (AvgIpc) is 2.41. The van der Waals surface area contributed by atoms with Crippen LogP contribution in [0.4, 0.5) is 4.39 Å². The number of nitrogens with one attached hydrogen (secondary N) is 1. The molecule has 19 heavy (non-hydrogen) atoms. The summed E-state index contributed by atoms with van der Waals surface area (Å²) in [4.78, 5) is 0. The summed E-state index contributed by atoms with van der Waals surface area (Å²) in [5.41, 5.74) is 0.704. The first-order valence-corrected chi connectivity index (χ1v) is 8.93. The minimum Gasteiger partial charge on any atom is -0.316 e. The van der Waals surface area contributed by atoms with Gasteiger partial charge in [0, 0.05) is 33.1 Å². The van der Waals surface area contributed by atoms with Gasteiger partial charge in [-0.2, -0.15) is 23.5 Å². The van der Waals surface area contributed by atoms with E-state index >= 15 is 0 Å². The molecule has 1 N–H and O–H groups in total. The van der Waals surface area contributed by atoms with Gasteiger partial charge in [-0.1, -0.05) is 18.5 Å². The Kier molecular flexibility index (Phi) is 5.87. The van der Waals surface area contributed by atoms with Crippen molar-refractivity contribution in [3.05, 3.63) is 34.6 Å². The molecule has 1 aromatic rings. The van der Waals surface area contributed by atoms with E-state index in [1.54, 1.807) is 12.1 Å². The van der Waals surface area contributed by atoms with Crippen LogP contribution in [-0.4, -0.2) is 35.1 Å². The molecule has 0 bridgehead atoms. The monoisotopic (exact) mass is 319 g/mol. The number of thioether (sulfide) groups is 2. The van der Waals surface area contributed by atoms with E-state index in [2.05, 4.69) is 12.2 Å². The summed E-state index contributed by atoms with van der Waals surface area (Å²) in [6.07, 6.45) is 0.686. The lowest BCUT2D eigenvalue weighted by atomic mass is 10.0. The van der Waals surface area contributed by atoms with E-state index in [9.17, 15) is 4.39 Å². The fourth-order valence-electron chi connectivity index (χ4n) is 2.41. The molecule has 3 unspecified atom stereocenters. The molecule has 0 spiro atoms. The van der Waals surface area contributed by atoms with Crippen LogP contribution in [0.25, 0.3) is 0 Å². The van der Waals surface area contributed by atoms with Gasteiger partial charge in [-0.05, 0) is 37.2 Å². The molecule has 1 nitrogen and oxygen atoms in total. The zero-order valence-electron chi connectivity index (χ0n) is 11.2. The quantitative estimate of drug-likeness (QED) is 0.905. The summed E-state index contributed by atoms with van der Waals surface area (Å²) in [5.74, 6) is 2.23. The molecular weight excluding hydrogens is 301 g/mol. The molecule has 0 amide bonds. The first-order valence-electron chi connectivity index (χ1n) is 6.46. The predicted octanol–water partition coefficient (Wildman–Crippen LogP) is 3.85. The maximum absolute atomic E-state index is 13.8. The molecule has 2 rings (SSSR count). The van der Waals surface area contributed by atoms with Crippen LogP contribution < -0.4 is 5.32 Å². The molecule has 1 saturated heterocycles. The maximum atomic E-state index is 13.8. The summed E-state index contributed by atoms with van der Waals surface area (Å²) < 4.78 is 13.8. The summed E-state index contributed by atoms with van der Waals surface area (Å²) in [5, 5.41) is 5.07. The number of hydrogen-bond acceptors (Lipinski definition) is 3. The Bertz CT molecular complexity index is 430. The molecule has 1 aliphatic rings. The molecular formula is C14H19ClFNS2. The average molecular weight is 320 g/mol. The largest absolute Gasteiger partial charge is 0.316 e. The van der Waals surface area contributed by atoms with Crippen LogP contribution in [0, 0.1) is 5.82 Å². The molecule has 106 valence electrons. The van der Waals surface area contributed by atoms with Crippen LogP contribution in [0.15, 0.2) is 18.2 Å². The summed E-state index contributed by atoms with van der Waals surface area (Å²) in [6.45, 7) is 2.26. The minimum atomic E-state index is -0.161. The van der Waals surface area contributed by atoms with Crippen molar-refractivity contribution in [3.8, 4) is 0 Å². The van der Waals surface area contributed by atoms with Gasteiger partial charge in [0.1, 0.15) is 5.82 Å². The van der Waals surface area contributed by atoms with Gasteiger partial charge in [-0.3, -0.25) is 0 Å². The molecule has 1 fully saturated rings. The smallest absolute Gasteiger partial charge is 0.126 e. The lowest BCUT2D eigenvalue weighted by Gasteiger charge is -2.34. The highest BCUT2D eigenvalue weighted by molar-refractivity contribution is 8.07. The summed E-state index contributed by atoms with van der Waals surface area (Å²) in [7, 11) is 1.96. The van der Waals surface area contributed by atoms with Crippen LogP contribution in [0.2, 0.25) is 5.02 Å². The van der Waals surface area contributed by atoms with Crippen LogP contribution in [0.5, 0.6) is 0 Å². The van der Waals surface area contributed by atoms with Gasteiger partial charge in [-0.25, -0.2) is 4.39 Å². The fourth-order valence-corrected chi connectivity index (χ4v) is 5.61. The van der Waals surface area contributed by atoms with E-state index < -0.39 is 0 Å². The first kappa shape index (κ1) is 15.5. The van der Waals surface area contributed by atoms with E-state index in [0.29, 0.717) is 27.5 Å². The highest BCUT2D eigenvalue weighted by Crippen LogP contribution is 2.34. The van der Waals surface area contributed by atoms with E-state index in [4.69, 9.17) is 11.6 Å². The van der Waals surface area contributed by atoms with Crippen molar-refractivity contribution in [1.82, 2.24) is 5.32 Å². The van der Waals surface area contributed by atoms with Crippen molar-refractivity contribution < 1.29 is 4.39 Å². The van der Waals surface area contributed by atoms with Gasteiger partial charge in [0.25, 0.3) is 0 Å². The summed E-state index contributed by atoms with van der Waals surface area (Å²) in [6, 6.07) is 5.08. The second-order valence-electron chi connectivity index (χ2n) is 4.75. The van der Waals surface area contributed by atoms with Crippen LogP contribution in [0.1, 0.15) is 12.5 Å². The number of likely N-dealkylation sites (N-methyl/N-ethyl adjacent to an activating group) is 1. The standard InChI is InChI=1S/C14H19ClFNS2/c1-9-14(19-6-5-18-9)13(17-2)8-10-7-11(15)3-4-12(10)16/h3-4,7,9,13-14,17H,5-6,8H2,1-2H3. The third kappa shape index (κ3) is 4.03. The van der Waals surface area contributed by atoms with Crippen molar-refractivity contribution in [2.75, 3.05) is 18.6 Å². The van der Waals surface area contributed by atoms with Crippen LogP contribution >= 0.6 is 35.1 Å². The Labute approximate surface area is 128 Å². The normalized spacial score (nSPS) is 25.3. The Balaban J connectivity index is 2.11. The highest BCUT2D eigenvalue weighted by Gasteiger charge is 2.30. The second kappa shape index (κ2) is 7.21. The van der Waals surface area contributed by atoms with Gasteiger partial charge in [0.2, 0.25) is 0 Å². The third-order valence-corrected chi connectivity index (χ3v) is 6.94. The Hall–Kier alpha value is 0.1000. The van der Waals surface area contributed by atoms with Crippen molar-refractivity contribution in [2.45, 2.75) is 29.9 Å². The van der Waals surface area contributed by atoms with E-state index in [0.717, 1.165) is 0 Å². The van der Waals surface area contributed by atoms with Crippen LogP contribution in [0.3, 0.4) is 0 Å². The molecule has 0 radical (unpaired) electrons. The molecule has 5 heteroatoms. The topological polar surface area (TPSA) is 12.0 Å². The van der Waals surface area contributed by atoms with E-state index in [1.807, 2.05) is 30.6 Å². The van der Waals surface area contributed by atoms with Crippen molar-refractivity contribution in [3.63, 3.8) is 0 Å². The van der Waals surface area contributed by atoms with E-state index in [1.165, 1.54) is 17.6 Å². The second-order valence-corrected chi connectivity index (χ2v) is 7.95. The van der Waals surface area contributed by atoms with Gasteiger partial charge in [0.15, 0.2) is 0 Å². The number of hydrogen-bond donors (Lipinski definition) is 1. The zero-order chi connectivity index (χ0) is 13.8. The SMILES string of the molecule is CNC(Cc1cc(Cl)ccc1F)C1SCCSC1C. The van der Waals surface area contributed by atoms with Crippen molar-refractivity contribution in [1.29, 1.82) is 0 Å². The zero-order valence-corrected chi connectivity index (χ0v) is 13.5. The van der Waals surface area contributed by atoms with Gasteiger partial charge in [0.05, 0.1) is 0 Å². The lowest BCUT2D eigenvalue weighted by molar-refractivity contribution is 0.513. The third-order valence-electron chi connectivity index (χ3n) is 3.45. The van der Waals surface area contributed by atoms with Gasteiger partial charge < -0.3 is 5.32 Å². The molecule has 0 saturated carbocycles. The number of halogens is 2. The van der Waals surface area contributed by atoms with Crippen LogP contribution in [-0.2, 0) is 6.42 Å². The number of benzene rings is 1. The molecule has 1 aliphatic heterocycles. The first-order chi connectivity index (χ1) is 9.11. The van der Waals surface area contributed by atoms with E-state index in [-0.39, 0.29) is 11.9 Å². The fraction of sp³-hybridized carbons (Fsp3) is 0.571. The van der Waals surface area contributed by atoms with Crippen molar-refractivity contribution >= 4 is 35.1 Å². The molecule has 0 aromatic heterocycles.